The molecule has 0 spiro atoms. The van der Waals surface area contributed by atoms with E-state index in [1.165, 1.54) is 13.2 Å². The first-order chi connectivity index (χ1) is 17.6. The molecule has 0 aliphatic carbocycles. The number of nitrogens with zero attached hydrogens (tertiary/aromatic N) is 1. The Hall–Kier alpha value is -3.21. The van der Waals surface area contributed by atoms with Gasteiger partial charge in [0.05, 0.1) is 34.0 Å². The number of ether oxygens (including phenoxy) is 1. The Labute approximate surface area is 226 Å². The number of methoxy groups -OCH3 is 1. The molecule has 0 saturated carbocycles. The van der Waals surface area contributed by atoms with E-state index < -0.39 is 47.7 Å². The molecule has 4 rings (SSSR count). The van der Waals surface area contributed by atoms with Crippen molar-refractivity contribution in [3.63, 3.8) is 0 Å². The average molecular weight is 600 g/mol. The second-order valence-electron chi connectivity index (χ2n) is 7.89. The summed E-state index contributed by atoms with van der Waals surface area (Å²) in [6.07, 6.45) is 0. The number of hydrogen-bond acceptors (Lipinski definition) is 11. The SMILES string of the molecule is COC(=O)c1cc2c(cc1C)SCC(=O)S2(=O)=O.Cc1cc2c(cc1C(=O)N=C(N)N)S(=O)(=O)C(=O)CS2. The van der Waals surface area contributed by atoms with E-state index in [2.05, 4.69) is 9.73 Å². The third-order valence-electron chi connectivity index (χ3n) is 5.32. The summed E-state index contributed by atoms with van der Waals surface area (Å²) < 4.78 is 52.2. The summed E-state index contributed by atoms with van der Waals surface area (Å²) in [5.74, 6) is -2.00. The molecule has 2 aromatic carbocycles. The first-order valence-electron chi connectivity index (χ1n) is 10.4. The molecule has 0 radical (unpaired) electrons. The molecular formula is C22H21N3O9S4. The second-order valence-corrected chi connectivity index (χ2v) is 13.7. The van der Waals surface area contributed by atoms with Crippen LogP contribution >= 0.6 is 23.5 Å². The molecule has 12 nitrogen and oxygen atoms in total. The maximum Gasteiger partial charge on any atom is 0.338 e. The van der Waals surface area contributed by atoms with Crippen molar-refractivity contribution < 1.29 is 40.8 Å². The largest absolute Gasteiger partial charge is 0.465 e. The van der Waals surface area contributed by atoms with E-state index in [9.17, 15) is 36.0 Å². The first-order valence-corrected chi connectivity index (χ1v) is 15.4. The number of hydrogen-bond donors (Lipinski definition) is 2. The molecule has 2 heterocycles. The number of benzene rings is 2. The molecule has 0 bridgehead atoms. The molecule has 0 atom stereocenters. The number of fused-ring (bicyclic) bond motifs is 2. The third-order valence-corrected chi connectivity index (χ3v) is 11.4. The summed E-state index contributed by atoms with van der Waals surface area (Å²) >= 11 is 2.28. The highest BCUT2D eigenvalue weighted by molar-refractivity contribution is 8.12. The van der Waals surface area contributed by atoms with Crippen molar-refractivity contribution in [2.24, 2.45) is 16.5 Å². The van der Waals surface area contributed by atoms with Gasteiger partial charge < -0.3 is 16.2 Å². The molecule has 0 aromatic heterocycles. The zero-order valence-electron chi connectivity index (χ0n) is 20.1. The summed E-state index contributed by atoms with van der Waals surface area (Å²) in [6, 6.07) is 5.50. The van der Waals surface area contributed by atoms with Crippen LogP contribution in [-0.2, 0) is 34.0 Å². The number of carbonyl (C=O) groups excluding carboxylic acids is 4. The minimum Gasteiger partial charge on any atom is -0.465 e. The highest BCUT2D eigenvalue weighted by Crippen LogP contribution is 2.36. The molecule has 38 heavy (non-hydrogen) atoms. The van der Waals surface area contributed by atoms with Gasteiger partial charge >= 0.3 is 5.97 Å². The lowest BCUT2D eigenvalue weighted by molar-refractivity contribution is -0.110. The third kappa shape index (κ3) is 5.62. The monoisotopic (exact) mass is 599 g/mol. The van der Waals surface area contributed by atoms with Crippen LogP contribution in [0.15, 0.2) is 48.8 Å². The quantitative estimate of drug-likeness (QED) is 0.281. The van der Waals surface area contributed by atoms with Crippen molar-refractivity contribution in [3.8, 4) is 0 Å². The van der Waals surface area contributed by atoms with Crippen LogP contribution < -0.4 is 11.5 Å². The molecule has 16 heteroatoms. The van der Waals surface area contributed by atoms with Gasteiger partial charge in [-0.1, -0.05) is 0 Å². The summed E-state index contributed by atoms with van der Waals surface area (Å²) in [5, 5.41) is -1.71. The fourth-order valence-corrected chi connectivity index (χ4v) is 9.14. The average Bonchev–Trinajstić information content (AvgIpc) is 2.83. The van der Waals surface area contributed by atoms with Gasteiger partial charge in [-0.2, -0.15) is 4.99 Å². The van der Waals surface area contributed by atoms with Crippen LogP contribution in [-0.4, -0.2) is 63.5 Å². The summed E-state index contributed by atoms with van der Waals surface area (Å²) in [6.45, 7) is 3.33. The number of guanidine groups is 1. The van der Waals surface area contributed by atoms with Gasteiger partial charge in [0.25, 0.3) is 16.1 Å². The molecule has 0 saturated heterocycles. The van der Waals surface area contributed by atoms with Crippen molar-refractivity contribution in [1.82, 2.24) is 0 Å². The minimum absolute atomic E-state index is 0.0519. The maximum atomic E-state index is 12.0. The van der Waals surface area contributed by atoms with Gasteiger partial charge in [-0.05, 0) is 49.2 Å². The van der Waals surface area contributed by atoms with Gasteiger partial charge in [-0.3, -0.25) is 14.4 Å². The molecule has 4 N–H and O–H groups in total. The number of aryl methyl sites for hydroxylation is 2. The van der Waals surface area contributed by atoms with Gasteiger partial charge in [0, 0.05) is 15.4 Å². The summed E-state index contributed by atoms with van der Waals surface area (Å²) in [5.41, 5.74) is 11.6. The van der Waals surface area contributed by atoms with E-state index in [-0.39, 0.29) is 32.4 Å². The van der Waals surface area contributed by atoms with E-state index in [0.29, 0.717) is 20.9 Å². The Morgan fingerprint density at radius 1 is 0.816 bits per heavy atom. The lowest BCUT2D eigenvalue weighted by Crippen LogP contribution is -2.25. The Kier molecular flexibility index (Phi) is 8.40. The summed E-state index contributed by atoms with van der Waals surface area (Å²) in [7, 11) is -6.80. The zero-order chi connectivity index (χ0) is 28.6. The molecule has 2 aromatic rings. The number of carbonyl (C=O) groups is 4. The van der Waals surface area contributed by atoms with Crippen molar-refractivity contribution in [2.75, 3.05) is 18.6 Å². The van der Waals surface area contributed by atoms with E-state index in [4.69, 9.17) is 11.5 Å². The van der Waals surface area contributed by atoms with Crippen molar-refractivity contribution in [2.45, 2.75) is 33.4 Å². The standard InChI is InChI=1S/C11H11N3O4S2.C11H10O5S2/c1-5-2-7-8(20(17,18)9(15)4-19-7)3-6(5)10(16)14-11(12)13;1-6-3-8-9(4-7(6)11(13)16-2)18(14,15)10(12)5-17-8/h2-3H,4H2,1H3,(H4,12,13,14,16);3-4H,5H2,1-2H3. The van der Waals surface area contributed by atoms with Crippen LogP contribution in [0.25, 0.3) is 0 Å². The van der Waals surface area contributed by atoms with Crippen LogP contribution in [0.1, 0.15) is 31.8 Å². The van der Waals surface area contributed by atoms with E-state index >= 15 is 0 Å². The molecular weight excluding hydrogens is 579 g/mol. The Bertz CT molecular complexity index is 1640. The van der Waals surface area contributed by atoms with Gasteiger partial charge in [0.15, 0.2) is 5.96 Å². The van der Waals surface area contributed by atoms with E-state index in [1.807, 2.05) is 0 Å². The molecule has 2 aliphatic rings. The Morgan fingerprint density at radius 2 is 1.24 bits per heavy atom. The fourth-order valence-electron chi connectivity index (χ4n) is 3.38. The van der Waals surface area contributed by atoms with Crippen molar-refractivity contribution >= 4 is 71.3 Å². The fraction of sp³-hybridized carbons (Fsp3) is 0.227. The van der Waals surface area contributed by atoms with E-state index in [1.54, 1.807) is 26.0 Å². The highest BCUT2D eigenvalue weighted by atomic mass is 32.2. The molecule has 0 unspecified atom stereocenters. The number of sulfone groups is 2. The predicted octanol–water partition coefficient (Wildman–Crippen LogP) is 1.00. The van der Waals surface area contributed by atoms with Gasteiger partial charge in [0.2, 0.25) is 19.7 Å². The van der Waals surface area contributed by atoms with Crippen molar-refractivity contribution in [1.29, 1.82) is 0 Å². The van der Waals surface area contributed by atoms with Crippen LogP contribution in [0.4, 0.5) is 0 Å². The lowest BCUT2D eigenvalue weighted by atomic mass is 10.1. The van der Waals surface area contributed by atoms with Gasteiger partial charge in [0.1, 0.15) is 0 Å². The molecule has 2 aliphatic heterocycles. The van der Waals surface area contributed by atoms with Crippen LogP contribution in [0, 0.1) is 13.8 Å². The highest BCUT2D eigenvalue weighted by Gasteiger charge is 2.35. The Morgan fingerprint density at radius 3 is 1.66 bits per heavy atom. The molecule has 202 valence electrons. The summed E-state index contributed by atoms with van der Waals surface area (Å²) in [4.78, 5) is 50.2. The van der Waals surface area contributed by atoms with Gasteiger partial charge in [-0.15, -0.1) is 23.5 Å². The number of thioether (sulfide) groups is 2. The van der Waals surface area contributed by atoms with Crippen molar-refractivity contribution in [3.05, 3.63) is 46.5 Å². The van der Waals surface area contributed by atoms with E-state index in [0.717, 1.165) is 29.6 Å². The predicted molar refractivity (Wildman–Crippen MR) is 140 cm³/mol. The number of amides is 1. The van der Waals surface area contributed by atoms with Crippen LogP contribution in [0.5, 0.6) is 0 Å². The number of nitrogens with two attached hydrogens (primary N) is 2. The topological polar surface area (TPSA) is 210 Å². The minimum atomic E-state index is -4.04. The number of aliphatic imine (C=N–C) groups is 1. The normalized spacial score (nSPS) is 16.7. The lowest BCUT2D eigenvalue weighted by Gasteiger charge is -2.16. The van der Waals surface area contributed by atoms with Gasteiger partial charge in [-0.25, -0.2) is 21.6 Å². The Balaban J connectivity index is 0.000000212. The first kappa shape index (κ1) is 29.3. The number of esters is 1. The molecule has 1 amide bonds. The smallest absolute Gasteiger partial charge is 0.338 e. The van der Waals surface area contributed by atoms with Crippen LogP contribution in [0.2, 0.25) is 0 Å². The second kappa shape index (κ2) is 10.9. The molecule has 0 fully saturated rings. The van der Waals surface area contributed by atoms with Crippen LogP contribution in [0.3, 0.4) is 0 Å². The maximum absolute atomic E-state index is 12.0. The zero-order valence-corrected chi connectivity index (χ0v) is 23.4. The number of rotatable bonds is 2.